The van der Waals surface area contributed by atoms with Gasteiger partial charge in [0.15, 0.2) is 0 Å². The molecule has 0 saturated carbocycles. The van der Waals surface area contributed by atoms with Crippen LogP contribution in [-0.4, -0.2) is 27.8 Å². The molecule has 1 heterocycles. The lowest BCUT2D eigenvalue weighted by Crippen LogP contribution is -2.38. The number of alkyl halides is 1. The monoisotopic (exact) mass is 333 g/mol. The minimum atomic E-state index is -0.303. The number of nitrogens with zero attached hydrogens (tertiary/aromatic N) is 1. The minimum Gasteiger partial charge on any atom is -0.339 e. The molecule has 0 bridgehead atoms. The molecule has 16 heavy (non-hydrogen) atoms. The molecule has 0 spiro atoms. The lowest BCUT2D eigenvalue weighted by Gasteiger charge is -2.29. The van der Waals surface area contributed by atoms with E-state index in [1.807, 2.05) is 4.90 Å². The average molecular weight is 333 g/mol. The van der Waals surface area contributed by atoms with Crippen molar-refractivity contribution in [2.24, 2.45) is 0 Å². The zero-order valence-electron chi connectivity index (χ0n) is 8.83. The predicted octanol–water partition coefficient (Wildman–Crippen LogP) is 2.87. The van der Waals surface area contributed by atoms with Crippen molar-refractivity contribution in [2.45, 2.75) is 16.8 Å². The van der Waals surface area contributed by atoms with E-state index in [1.165, 1.54) is 12.1 Å². The third-order valence-electron chi connectivity index (χ3n) is 2.80. The molecule has 2 rings (SSSR count). The number of amides is 1. The van der Waals surface area contributed by atoms with Gasteiger partial charge >= 0.3 is 0 Å². The van der Waals surface area contributed by atoms with E-state index >= 15 is 0 Å². The fourth-order valence-corrected chi connectivity index (χ4v) is 2.38. The molecule has 1 fully saturated rings. The maximum atomic E-state index is 12.7. The zero-order chi connectivity index (χ0) is 11.5. The molecule has 0 unspecified atom stereocenters. The largest absolute Gasteiger partial charge is 0.339 e. The molecular formula is C12H13FINO. The molecule has 4 heteroatoms. The Balaban J connectivity index is 2.05. The molecule has 2 nitrogen and oxygen atoms in total. The van der Waals surface area contributed by atoms with Crippen LogP contribution >= 0.6 is 22.6 Å². The van der Waals surface area contributed by atoms with Crippen LogP contribution in [-0.2, 0) is 0 Å². The van der Waals surface area contributed by atoms with Crippen LogP contribution in [0.15, 0.2) is 24.3 Å². The van der Waals surface area contributed by atoms with Crippen LogP contribution in [0.1, 0.15) is 23.2 Å². The lowest BCUT2D eigenvalue weighted by molar-refractivity contribution is 0.0729. The van der Waals surface area contributed by atoms with Crippen LogP contribution < -0.4 is 0 Å². The van der Waals surface area contributed by atoms with Gasteiger partial charge < -0.3 is 4.90 Å². The van der Waals surface area contributed by atoms with Crippen molar-refractivity contribution in [1.82, 2.24) is 4.90 Å². The highest BCUT2D eigenvalue weighted by molar-refractivity contribution is 14.1. The molecule has 1 amide bonds. The van der Waals surface area contributed by atoms with Crippen molar-refractivity contribution < 1.29 is 9.18 Å². The maximum Gasteiger partial charge on any atom is 0.253 e. The summed E-state index contributed by atoms with van der Waals surface area (Å²) in [5, 5.41) is 0. The lowest BCUT2D eigenvalue weighted by atomic mass is 10.1. The summed E-state index contributed by atoms with van der Waals surface area (Å²) >= 11 is 2.42. The quantitative estimate of drug-likeness (QED) is 0.572. The van der Waals surface area contributed by atoms with E-state index in [-0.39, 0.29) is 11.7 Å². The van der Waals surface area contributed by atoms with Gasteiger partial charge in [0.05, 0.1) is 0 Å². The smallest absolute Gasteiger partial charge is 0.253 e. The van der Waals surface area contributed by atoms with E-state index in [0.717, 1.165) is 25.9 Å². The van der Waals surface area contributed by atoms with E-state index in [4.69, 9.17) is 0 Å². The van der Waals surface area contributed by atoms with Crippen LogP contribution in [0.4, 0.5) is 4.39 Å². The van der Waals surface area contributed by atoms with E-state index in [0.29, 0.717) is 9.49 Å². The number of rotatable bonds is 1. The third kappa shape index (κ3) is 2.72. The van der Waals surface area contributed by atoms with Gasteiger partial charge in [0, 0.05) is 22.6 Å². The van der Waals surface area contributed by atoms with E-state index in [2.05, 4.69) is 22.6 Å². The van der Waals surface area contributed by atoms with Crippen LogP contribution in [0.2, 0.25) is 0 Å². The number of hydrogen-bond donors (Lipinski definition) is 0. The van der Waals surface area contributed by atoms with Crippen molar-refractivity contribution in [3.63, 3.8) is 0 Å². The average Bonchev–Trinajstić information content (AvgIpc) is 2.30. The van der Waals surface area contributed by atoms with E-state index in [9.17, 15) is 9.18 Å². The van der Waals surface area contributed by atoms with Gasteiger partial charge in [-0.2, -0.15) is 0 Å². The normalized spacial score (nSPS) is 17.5. The molecule has 1 aromatic carbocycles. The molecule has 0 atom stereocenters. The number of carbonyl (C=O) groups excluding carboxylic acids is 1. The fraction of sp³-hybridized carbons (Fsp3) is 0.417. The molecule has 0 aliphatic carbocycles. The van der Waals surface area contributed by atoms with Gasteiger partial charge in [-0.3, -0.25) is 4.79 Å². The van der Waals surface area contributed by atoms with Gasteiger partial charge in [0.2, 0.25) is 0 Å². The Hall–Kier alpha value is -0.650. The Morgan fingerprint density at radius 1 is 1.25 bits per heavy atom. The number of likely N-dealkylation sites (tertiary alicyclic amines) is 1. The van der Waals surface area contributed by atoms with Crippen molar-refractivity contribution in [3.05, 3.63) is 35.6 Å². The molecule has 1 aliphatic heterocycles. The molecule has 1 saturated heterocycles. The predicted molar refractivity (Wildman–Crippen MR) is 69.3 cm³/mol. The molecule has 0 N–H and O–H groups in total. The Morgan fingerprint density at radius 2 is 1.81 bits per heavy atom. The SMILES string of the molecule is O=C(c1ccc(F)cc1)N1CCC(I)CC1. The van der Waals surface area contributed by atoms with Gasteiger partial charge in [-0.1, -0.05) is 22.6 Å². The molecule has 0 aromatic heterocycles. The summed E-state index contributed by atoms with van der Waals surface area (Å²) in [5.74, 6) is -0.286. The Kier molecular flexibility index (Phi) is 3.78. The number of halogens is 2. The topological polar surface area (TPSA) is 20.3 Å². The number of piperidine rings is 1. The van der Waals surface area contributed by atoms with E-state index < -0.39 is 0 Å². The molecule has 0 radical (unpaired) electrons. The van der Waals surface area contributed by atoms with Crippen LogP contribution in [0, 0.1) is 5.82 Å². The highest BCUT2D eigenvalue weighted by atomic mass is 127. The highest BCUT2D eigenvalue weighted by Crippen LogP contribution is 2.19. The summed E-state index contributed by atoms with van der Waals surface area (Å²) in [4.78, 5) is 13.9. The van der Waals surface area contributed by atoms with E-state index in [1.54, 1.807) is 12.1 Å². The standard InChI is InChI=1S/C12H13FINO/c13-10-3-1-9(2-4-10)12(16)15-7-5-11(14)6-8-15/h1-4,11H,5-8H2. The van der Waals surface area contributed by atoms with Gasteiger partial charge in [-0.15, -0.1) is 0 Å². The summed E-state index contributed by atoms with van der Waals surface area (Å²) in [6, 6.07) is 5.76. The second-order valence-electron chi connectivity index (χ2n) is 3.97. The van der Waals surface area contributed by atoms with Crippen LogP contribution in [0.3, 0.4) is 0 Å². The first-order valence-corrected chi connectivity index (χ1v) is 6.60. The molecule has 1 aliphatic rings. The maximum absolute atomic E-state index is 12.7. The van der Waals surface area contributed by atoms with Crippen molar-refractivity contribution >= 4 is 28.5 Å². The van der Waals surface area contributed by atoms with Gasteiger partial charge in [-0.05, 0) is 37.1 Å². The summed E-state index contributed by atoms with van der Waals surface area (Å²) < 4.78 is 13.4. The van der Waals surface area contributed by atoms with Crippen molar-refractivity contribution in [1.29, 1.82) is 0 Å². The first kappa shape index (κ1) is 11.8. The summed E-state index contributed by atoms with van der Waals surface area (Å²) in [6.45, 7) is 1.62. The second kappa shape index (κ2) is 5.12. The van der Waals surface area contributed by atoms with Gasteiger partial charge in [-0.25, -0.2) is 4.39 Å². The van der Waals surface area contributed by atoms with Crippen LogP contribution in [0.25, 0.3) is 0 Å². The van der Waals surface area contributed by atoms with Crippen molar-refractivity contribution in [2.75, 3.05) is 13.1 Å². The van der Waals surface area contributed by atoms with Gasteiger partial charge in [0.25, 0.3) is 5.91 Å². The minimum absolute atomic E-state index is 0.0169. The van der Waals surface area contributed by atoms with Crippen LogP contribution in [0.5, 0.6) is 0 Å². The molecule has 86 valence electrons. The van der Waals surface area contributed by atoms with Crippen molar-refractivity contribution in [3.8, 4) is 0 Å². The highest BCUT2D eigenvalue weighted by Gasteiger charge is 2.21. The zero-order valence-corrected chi connectivity index (χ0v) is 11.0. The number of hydrogen-bond acceptors (Lipinski definition) is 1. The summed E-state index contributed by atoms with van der Waals surface area (Å²) in [5.41, 5.74) is 0.577. The van der Waals surface area contributed by atoms with Gasteiger partial charge in [0.1, 0.15) is 5.82 Å². The first-order valence-electron chi connectivity index (χ1n) is 5.36. The number of benzene rings is 1. The fourth-order valence-electron chi connectivity index (χ4n) is 1.83. The Bertz CT molecular complexity index is 371. The summed E-state index contributed by atoms with van der Waals surface area (Å²) in [7, 11) is 0. The molecular weight excluding hydrogens is 320 g/mol. The number of carbonyl (C=O) groups is 1. The molecule has 1 aromatic rings. The Morgan fingerprint density at radius 3 is 2.38 bits per heavy atom. The third-order valence-corrected chi connectivity index (χ3v) is 4.05. The second-order valence-corrected chi connectivity index (χ2v) is 5.74. The Labute approximate surface area is 108 Å². The summed E-state index contributed by atoms with van der Waals surface area (Å²) in [6.07, 6.45) is 2.10. The first-order chi connectivity index (χ1) is 7.66.